The van der Waals surface area contributed by atoms with Crippen molar-refractivity contribution in [2.24, 2.45) is 0 Å². The first-order chi connectivity index (χ1) is 19.0. The van der Waals surface area contributed by atoms with Crippen molar-refractivity contribution in [2.45, 2.75) is 148 Å². The van der Waals surface area contributed by atoms with Crippen LogP contribution in [0.4, 0.5) is 0 Å². The average molecular weight is 626 g/mol. The third-order valence-corrected chi connectivity index (χ3v) is 7.57. The van der Waals surface area contributed by atoms with Gasteiger partial charge in [0, 0.05) is 121 Å². The number of nitrogens with zero attached hydrogens (tertiary/aromatic N) is 1. The summed E-state index contributed by atoms with van der Waals surface area (Å²) in [6, 6.07) is 8.06. The summed E-state index contributed by atoms with van der Waals surface area (Å²) < 4.78 is 0. The van der Waals surface area contributed by atoms with Crippen LogP contribution >= 0.6 is 0 Å². The minimum atomic E-state index is -2.45. The van der Waals surface area contributed by atoms with Crippen molar-refractivity contribution in [3.63, 3.8) is 0 Å². The van der Waals surface area contributed by atoms with Crippen molar-refractivity contribution >= 4 is 115 Å². The van der Waals surface area contributed by atoms with Gasteiger partial charge in [-0.05, 0) is 12.8 Å². The summed E-state index contributed by atoms with van der Waals surface area (Å²) in [7, 11) is 0. The first-order valence-corrected chi connectivity index (χ1v) is 15.9. The number of carbonyl (C=O) groups is 2. The van der Waals surface area contributed by atoms with Gasteiger partial charge in [0.2, 0.25) is 0 Å². The van der Waals surface area contributed by atoms with Crippen LogP contribution in [0.25, 0.3) is 0 Å². The van der Waals surface area contributed by atoms with E-state index in [4.69, 9.17) is 4.84 Å². The molecule has 0 amide bonds. The van der Waals surface area contributed by atoms with Gasteiger partial charge in [-0.15, -0.1) is 0 Å². The van der Waals surface area contributed by atoms with Gasteiger partial charge in [-0.1, -0.05) is 160 Å². The van der Waals surface area contributed by atoms with E-state index in [1.54, 1.807) is 23.3 Å². The van der Waals surface area contributed by atoms with Crippen molar-refractivity contribution < 1.29 is 24.6 Å². The van der Waals surface area contributed by atoms with E-state index in [0.29, 0.717) is 13.1 Å². The Kier molecular flexibility index (Phi) is 32.6. The fourth-order valence-corrected chi connectivity index (χ4v) is 5.09. The van der Waals surface area contributed by atoms with Gasteiger partial charge in [-0.2, -0.15) is 5.06 Å². The summed E-state index contributed by atoms with van der Waals surface area (Å²) in [5.41, 5.74) is -2.32. The number of aliphatic carboxylic acids is 2. The van der Waals surface area contributed by atoms with E-state index in [1.165, 1.54) is 102 Å². The van der Waals surface area contributed by atoms with Crippen molar-refractivity contribution in [2.75, 3.05) is 13.1 Å². The minimum Gasteiger partial charge on any atom is -0.478 e. The Morgan fingerprint density at radius 1 is 0.585 bits per heavy atom. The monoisotopic (exact) mass is 625 g/mol. The van der Waals surface area contributed by atoms with Gasteiger partial charge in [0.15, 0.2) is 0 Å². The number of benzene rings is 1. The molecular formula is C33H57K2NO5. The molecule has 1 aromatic carbocycles. The normalized spacial score (nSPS) is 11.2. The molecule has 0 spiro atoms. The Bertz CT molecular complexity index is 712. The van der Waals surface area contributed by atoms with E-state index in [1.807, 2.05) is 0 Å². The van der Waals surface area contributed by atoms with Crippen LogP contribution in [0.1, 0.15) is 148 Å². The maximum atomic E-state index is 12.4. The Morgan fingerprint density at radius 2 is 0.902 bits per heavy atom. The summed E-state index contributed by atoms with van der Waals surface area (Å²) in [5.74, 6) is -3.00. The number of hydrogen-bond acceptors (Lipinski definition) is 4. The molecular weight excluding hydrogens is 569 g/mol. The fourth-order valence-electron chi connectivity index (χ4n) is 5.09. The summed E-state index contributed by atoms with van der Waals surface area (Å²) in [4.78, 5) is 30.6. The van der Waals surface area contributed by atoms with Gasteiger partial charge in [-0.25, -0.2) is 9.59 Å². The van der Waals surface area contributed by atoms with Gasteiger partial charge in [-0.3, -0.25) is 4.84 Å². The molecule has 226 valence electrons. The van der Waals surface area contributed by atoms with E-state index in [0.717, 1.165) is 38.5 Å². The summed E-state index contributed by atoms with van der Waals surface area (Å²) in [6.45, 7) is 5.53. The quantitative estimate of drug-likeness (QED) is 0.0442. The molecule has 0 aromatic heterocycles. The zero-order valence-corrected chi connectivity index (χ0v) is 33.3. The molecule has 2 N–H and O–H groups in total. The van der Waals surface area contributed by atoms with Gasteiger partial charge in [0.1, 0.15) is 0 Å². The molecule has 0 bridgehead atoms. The smallest absolute Gasteiger partial charge is 0.354 e. The molecule has 6 nitrogen and oxygen atoms in total. The number of carboxylic acid groups (broad SMARTS) is 2. The van der Waals surface area contributed by atoms with E-state index < -0.39 is 17.5 Å². The van der Waals surface area contributed by atoms with Crippen LogP contribution in [-0.4, -0.2) is 143 Å². The molecule has 1 aromatic rings. The molecule has 41 heavy (non-hydrogen) atoms. The van der Waals surface area contributed by atoms with Crippen molar-refractivity contribution in [3.8, 4) is 0 Å². The molecule has 0 aliphatic rings. The molecule has 0 saturated carbocycles. The molecule has 2 radical (unpaired) electrons. The van der Waals surface area contributed by atoms with Crippen LogP contribution in [0, 0.1) is 0 Å². The second kappa shape index (κ2) is 30.0. The summed E-state index contributed by atoms with van der Waals surface area (Å²) in [5, 5.41) is 21.7. The van der Waals surface area contributed by atoms with Crippen molar-refractivity contribution in [3.05, 3.63) is 35.9 Å². The van der Waals surface area contributed by atoms with Crippen LogP contribution in [0.2, 0.25) is 0 Å². The van der Waals surface area contributed by atoms with Crippen LogP contribution in [0.3, 0.4) is 0 Å². The molecule has 8 heteroatoms. The first kappa shape index (κ1) is 44.5. The number of unbranched alkanes of at least 4 members (excludes halogenated alkanes) is 18. The second-order valence-electron chi connectivity index (χ2n) is 11.0. The van der Waals surface area contributed by atoms with Crippen molar-refractivity contribution in [1.29, 1.82) is 0 Å². The Balaban J connectivity index is 0. The Labute approximate surface area is 336 Å². The molecule has 0 fully saturated rings. The largest absolute Gasteiger partial charge is 0.478 e. The SMILES string of the molecule is CCCCCCCCCCCCN(CCCCCCCCCCCC)OC(C(=O)O)(C(=O)O)c1ccccc1.[K].[K]. The van der Waals surface area contributed by atoms with Crippen LogP contribution in [-0.2, 0) is 20.0 Å². The minimum absolute atomic E-state index is 0. The van der Waals surface area contributed by atoms with Gasteiger partial charge in [0.25, 0.3) is 0 Å². The van der Waals surface area contributed by atoms with Gasteiger partial charge >= 0.3 is 17.5 Å². The molecule has 1 rings (SSSR count). The van der Waals surface area contributed by atoms with E-state index >= 15 is 0 Å². The number of hydrogen-bond donors (Lipinski definition) is 2. The maximum Gasteiger partial charge on any atom is 0.354 e. The Hall–Kier alpha value is 1.35. The summed E-state index contributed by atoms with van der Waals surface area (Å²) >= 11 is 0. The molecule has 0 heterocycles. The zero-order chi connectivity index (χ0) is 28.6. The number of hydroxylamine groups is 2. The third kappa shape index (κ3) is 20.2. The van der Waals surface area contributed by atoms with E-state index in [-0.39, 0.29) is 108 Å². The second-order valence-corrected chi connectivity index (χ2v) is 11.0. The maximum absolute atomic E-state index is 12.4. The molecule has 0 aliphatic heterocycles. The van der Waals surface area contributed by atoms with Crippen LogP contribution in [0.5, 0.6) is 0 Å². The fraction of sp³-hybridized carbons (Fsp3) is 0.758. The van der Waals surface area contributed by atoms with E-state index in [9.17, 15) is 19.8 Å². The number of rotatable bonds is 27. The average Bonchev–Trinajstić information content (AvgIpc) is 2.93. The molecule has 0 unspecified atom stereocenters. The number of carboxylic acids is 2. The predicted octanol–water partition coefficient (Wildman–Crippen LogP) is 8.36. The molecule has 0 aliphatic carbocycles. The van der Waals surface area contributed by atoms with Crippen LogP contribution < -0.4 is 0 Å². The van der Waals surface area contributed by atoms with Gasteiger partial charge < -0.3 is 10.2 Å². The zero-order valence-electron chi connectivity index (χ0n) is 27.0. The Morgan fingerprint density at radius 3 is 1.22 bits per heavy atom. The first-order valence-electron chi connectivity index (χ1n) is 15.9. The molecule has 0 saturated heterocycles. The van der Waals surface area contributed by atoms with E-state index in [2.05, 4.69) is 13.8 Å². The predicted molar refractivity (Wildman–Crippen MR) is 171 cm³/mol. The van der Waals surface area contributed by atoms with Crippen LogP contribution in [0.15, 0.2) is 30.3 Å². The van der Waals surface area contributed by atoms with Crippen molar-refractivity contribution in [1.82, 2.24) is 5.06 Å². The third-order valence-electron chi connectivity index (χ3n) is 7.57. The standard InChI is InChI=1S/C33H57NO5.2K/c1-3-5-7-9-11-13-15-17-19-24-28-34(29-25-20-18-16-14-12-10-8-6-4-2)39-33(31(35)36,32(37)38)30-26-22-21-23-27-30;;/h21-23,26-27H,3-20,24-25,28-29H2,1-2H3,(H,35,36)(H,37,38);;. The summed E-state index contributed by atoms with van der Waals surface area (Å²) in [6.07, 6.45) is 24.1. The van der Waals surface area contributed by atoms with Gasteiger partial charge in [0.05, 0.1) is 0 Å². The topological polar surface area (TPSA) is 87.1 Å². The molecule has 0 atom stereocenters.